The molecule has 1 atom stereocenters. The number of aromatic nitrogens is 2. The maximum Gasteiger partial charge on any atom is 0.180 e. The largest absolute Gasteiger partial charge is 0.381 e. The molecule has 15 heavy (non-hydrogen) atoms. The second-order valence-corrected chi connectivity index (χ2v) is 4.00. The number of nitrogens with zero attached hydrogens (tertiary/aromatic N) is 2. The van der Waals surface area contributed by atoms with Crippen molar-refractivity contribution in [1.29, 1.82) is 0 Å². The quantitative estimate of drug-likeness (QED) is 0.577. The van der Waals surface area contributed by atoms with Gasteiger partial charge in [0.25, 0.3) is 0 Å². The van der Waals surface area contributed by atoms with E-state index in [1.54, 1.807) is 17.1 Å². The number of hydrogen-bond donors (Lipinski definition) is 0. The Hall–Kier alpha value is -0.870. The first-order valence-electron chi connectivity index (χ1n) is 4.99. The zero-order chi connectivity index (χ0) is 10.7. The lowest BCUT2D eigenvalue weighted by molar-refractivity contribution is 0.102. The van der Waals surface area contributed by atoms with E-state index in [2.05, 4.69) is 5.10 Å². The van der Waals surface area contributed by atoms with E-state index >= 15 is 0 Å². The number of carbonyl (C=O) groups is 1. The number of rotatable bonds is 4. The lowest BCUT2D eigenvalue weighted by Gasteiger charge is -2.06. The highest BCUT2D eigenvalue weighted by Crippen LogP contribution is 2.14. The van der Waals surface area contributed by atoms with Crippen LogP contribution in [0.5, 0.6) is 0 Å². The van der Waals surface area contributed by atoms with Gasteiger partial charge in [-0.1, -0.05) is 0 Å². The first-order chi connectivity index (χ1) is 7.29. The molecule has 0 unspecified atom stereocenters. The molecule has 2 heterocycles. The van der Waals surface area contributed by atoms with E-state index in [4.69, 9.17) is 16.3 Å². The van der Waals surface area contributed by atoms with E-state index < -0.39 is 0 Å². The normalized spacial score (nSPS) is 20.7. The summed E-state index contributed by atoms with van der Waals surface area (Å²) in [6.07, 6.45) is 4.39. The third kappa shape index (κ3) is 2.58. The highest BCUT2D eigenvalue weighted by Gasteiger charge is 2.17. The molecule has 0 aliphatic carbocycles. The summed E-state index contributed by atoms with van der Waals surface area (Å²) in [4.78, 5) is 11.3. The molecule has 0 radical (unpaired) electrons. The van der Waals surface area contributed by atoms with Gasteiger partial charge < -0.3 is 4.74 Å². The lowest BCUT2D eigenvalue weighted by Crippen LogP contribution is -2.10. The van der Waals surface area contributed by atoms with Crippen LogP contribution in [0.3, 0.4) is 0 Å². The minimum Gasteiger partial charge on any atom is -0.381 e. The van der Waals surface area contributed by atoms with Gasteiger partial charge in [0.1, 0.15) is 0 Å². The Kier molecular flexibility index (Phi) is 3.38. The van der Waals surface area contributed by atoms with Crippen molar-refractivity contribution in [1.82, 2.24) is 9.78 Å². The van der Waals surface area contributed by atoms with Crippen LogP contribution in [0.4, 0.5) is 0 Å². The molecule has 1 aromatic rings. The molecular weight excluding hydrogens is 216 g/mol. The fourth-order valence-corrected chi connectivity index (χ4v) is 1.83. The van der Waals surface area contributed by atoms with Crippen LogP contribution >= 0.6 is 11.6 Å². The molecular formula is C10H13ClN2O2. The van der Waals surface area contributed by atoms with Gasteiger partial charge in [0, 0.05) is 25.3 Å². The standard InChI is InChI=1S/C10H13ClN2O2/c11-3-10(14)9-4-12-13(6-9)5-8-1-2-15-7-8/h4,6,8H,1-3,5,7H2/t8-/m1/s1. The summed E-state index contributed by atoms with van der Waals surface area (Å²) in [6.45, 7) is 2.44. The summed E-state index contributed by atoms with van der Waals surface area (Å²) in [5.41, 5.74) is 0.587. The van der Waals surface area contributed by atoms with Gasteiger partial charge in [-0.05, 0) is 6.42 Å². The third-order valence-corrected chi connectivity index (χ3v) is 2.79. The Bertz CT molecular complexity index is 345. The number of ether oxygens (including phenoxy) is 1. The van der Waals surface area contributed by atoms with Crippen LogP contribution in [0.2, 0.25) is 0 Å². The number of alkyl halides is 1. The van der Waals surface area contributed by atoms with Gasteiger partial charge in [0.05, 0.1) is 24.2 Å². The van der Waals surface area contributed by atoms with Crippen molar-refractivity contribution < 1.29 is 9.53 Å². The first-order valence-corrected chi connectivity index (χ1v) is 5.52. The first kappa shape index (κ1) is 10.6. The summed E-state index contributed by atoms with van der Waals surface area (Å²) < 4.78 is 7.07. The molecule has 82 valence electrons. The SMILES string of the molecule is O=C(CCl)c1cnn(C[C@H]2CCOC2)c1. The molecule has 0 bridgehead atoms. The van der Waals surface area contributed by atoms with E-state index in [0.29, 0.717) is 11.5 Å². The van der Waals surface area contributed by atoms with Crippen LogP contribution in [0.25, 0.3) is 0 Å². The second kappa shape index (κ2) is 4.77. The molecule has 5 heteroatoms. The van der Waals surface area contributed by atoms with Crippen molar-refractivity contribution in [2.45, 2.75) is 13.0 Å². The van der Waals surface area contributed by atoms with Crippen LogP contribution < -0.4 is 0 Å². The van der Waals surface area contributed by atoms with Crippen LogP contribution in [0.15, 0.2) is 12.4 Å². The highest BCUT2D eigenvalue weighted by atomic mass is 35.5. The molecule has 1 aliphatic heterocycles. The van der Waals surface area contributed by atoms with Crippen molar-refractivity contribution in [3.05, 3.63) is 18.0 Å². The maximum absolute atomic E-state index is 11.3. The number of carbonyl (C=O) groups excluding carboxylic acids is 1. The van der Waals surface area contributed by atoms with E-state index in [0.717, 1.165) is 26.2 Å². The Morgan fingerprint density at radius 2 is 2.60 bits per heavy atom. The van der Waals surface area contributed by atoms with Crippen LogP contribution in [0.1, 0.15) is 16.8 Å². The van der Waals surface area contributed by atoms with Crippen LogP contribution in [0, 0.1) is 5.92 Å². The van der Waals surface area contributed by atoms with Crippen LogP contribution in [-0.4, -0.2) is 34.7 Å². The smallest absolute Gasteiger partial charge is 0.180 e. The van der Waals surface area contributed by atoms with E-state index in [9.17, 15) is 4.79 Å². The summed E-state index contributed by atoms with van der Waals surface area (Å²) >= 11 is 5.46. The van der Waals surface area contributed by atoms with Crippen molar-refractivity contribution in [2.24, 2.45) is 5.92 Å². The molecule has 0 amide bonds. The minimum absolute atomic E-state index is 0.0121. The van der Waals surface area contributed by atoms with Crippen LogP contribution in [-0.2, 0) is 11.3 Å². The number of hydrogen-bond acceptors (Lipinski definition) is 3. The predicted octanol–water partition coefficient (Wildman–Crippen LogP) is 1.34. The molecule has 2 rings (SSSR count). The Balaban J connectivity index is 1.97. The molecule has 1 aromatic heterocycles. The minimum atomic E-state index is -0.0782. The van der Waals surface area contributed by atoms with Gasteiger partial charge in [-0.2, -0.15) is 5.10 Å². The average Bonchev–Trinajstić information content (AvgIpc) is 2.88. The average molecular weight is 229 g/mol. The van der Waals surface area contributed by atoms with Gasteiger partial charge in [0.15, 0.2) is 5.78 Å². The fourth-order valence-electron chi connectivity index (χ4n) is 1.68. The molecule has 0 N–H and O–H groups in total. The number of ketones is 1. The molecule has 1 saturated heterocycles. The zero-order valence-corrected chi connectivity index (χ0v) is 9.11. The molecule has 1 aliphatic rings. The topological polar surface area (TPSA) is 44.1 Å². The van der Waals surface area contributed by atoms with Crippen molar-refractivity contribution >= 4 is 17.4 Å². The lowest BCUT2D eigenvalue weighted by atomic mass is 10.1. The molecule has 0 spiro atoms. The highest BCUT2D eigenvalue weighted by molar-refractivity contribution is 6.30. The molecule has 1 fully saturated rings. The zero-order valence-electron chi connectivity index (χ0n) is 8.36. The summed E-state index contributed by atoms with van der Waals surface area (Å²) in [7, 11) is 0. The molecule has 4 nitrogen and oxygen atoms in total. The van der Waals surface area contributed by atoms with E-state index in [1.807, 2.05) is 0 Å². The van der Waals surface area contributed by atoms with Gasteiger partial charge in [-0.15, -0.1) is 11.6 Å². The Morgan fingerprint density at radius 1 is 1.73 bits per heavy atom. The van der Waals surface area contributed by atoms with E-state index in [-0.39, 0.29) is 11.7 Å². The predicted molar refractivity (Wildman–Crippen MR) is 56.2 cm³/mol. The molecule has 0 saturated carbocycles. The Morgan fingerprint density at radius 3 is 3.27 bits per heavy atom. The summed E-state index contributed by atoms with van der Waals surface area (Å²) in [6, 6.07) is 0. The van der Waals surface area contributed by atoms with Crippen molar-refractivity contribution in [3.63, 3.8) is 0 Å². The maximum atomic E-state index is 11.3. The van der Waals surface area contributed by atoms with E-state index in [1.165, 1.54) is 0 Å². The fraction of sp³-hybridized carbons (Fsp3) is 0.600. The van der Waals surface area contributed by atoms with Gasteiger partial charge in [-0.25, -0.2) is 0 Å². The monoisotopic (exact) mass is 228 g/mol. The third-order valence-electron chi connectivity index (χ3n) is 2.55. The van der Waals surface area contributed by atoms with Crippen molar-refractivity contribution in [2.75, 3.05) is 19.1 Å². The summed E-state index contributed by atoms with van der Waals surface area (Å²) in [5, 5.41) is 4.13. The summed E-state index contributed by atoms with van der Waals surface area (Å²) in [5.74, 6) is 0.451. The number of halogens is 1. The molecule has 0 aromatic carbocycles. The van der Waals surface area contributed by atoms with Gasteiger partial charge in [-0.3, -0.25) is 9.48 Å². The number of Topliss-reactive ketones (excluding diaryl/α,β-unsaturated/α-hetero) is 1. The van der Waals surface area contributed by atoms with Gasteiger partial charge in [0.2, 0.25) is 0 Å². The van der Waals surface area contributed by atoms with Crippen molar-refractivity contribution in [3.8, 4) is 0 Å². The van der Waals surface area contributed by atoms with Gasteiger partial charge >= 0.3 is 0 Å². The Labute approximate surface area is 93.2 Å². The second-order valence-electron chi connectivity index (χ2n) is 3.74.